The van der Waals surface area contributed by atoms with Gasteiger partial charge in [0.2, 0.25) is 5.91 Å². The SMILES string of the molecule is CCC(C)C(CO)NC(=O)[C@@H](CCC(N)COCc1ccc(-c2ccc(F)cc2)c(OCCCOC)c1)C(C)O. The van der Waals surface area contributed by atoms with Crippen molar-refractivity contribution in [3.8, 4) is 16.9 Å². The maximum atomic E-state index is 13.4. The van der Waals surface area contributed by atoms with Gasteiger partial charge in [-0.25, -0.2) is 4.39 Å². The van der Waals surface area contributed by atoms with Crippen LogP contribution in [0, 0.1) is 17.7 Å². The number of nitrogens with two attached hydrogens (primary N) is 1. The molecule has 0 aliphatic heterocycles. The molecule has 0 heterocycles. The zero-order valence-electron chi connectivity index (χ0n) is 24.3. The summed E-state index contributed by atoms with van der Waals surface area (Å²) in [6.45, 7) is 7.08. The first kappa shape index (κ1) is 33.6. The summed E-state index contributed by atoms with van der Waals surface area (Å²) in [6.07, 6.45) is 1.61. The van der Waals surface area contributed by atoms with Gasteiger partial charge >= 0.3 is 0 Å². The fourth-order valence-corrected chi connectivity index (χ4v) is 4.37. The van der Waals surface area contributed by atoms with E-state index in [0.717, 1.165) is 29.5 Å². The standard InChI is InChI=1S/C31H47FN2O6/c1-5-21(2)29(18-35)34-31(37)27(22(3)36)14-12-26(33)20-39-19-23-7-13-28(24-8-10-25(32)11-9-24)30(17-23)40-16-6-15-38-4/h7-11,13,17,21-22,26-27,29,35-36H,5-6,12,14-16,18-20,33H2,1-4H3,(H,34,37)/t21?,22?,26?,27-,29?/m0/s1. The Labute approximate surface area is 238 Å². The molecular formula is C31H47FN2O6. The lowest BCUT2D eigenvalue weighted by atomic mass is 9.93. The van der Waals surface area contributed by atoms with Gasteiger partial charge in [0.05, 0.1) is 44.5 Å². The van der Waals surface area contributed by atoms with Crippen LogP contribution in [0.5, 0.6) is 5.75 Å². The highest BCUT2D eigenvalue weighted by Gasteiger charge is 2.27. The van der Waals surface area contributed by atoms with E-state index in [-0.39, 0.29) is 42.9 Å². The Morgan fingerprint density at radius 1 is 1.10 bits per heavy atom. The van der Waals surface area contributed by atoms with Crippen molar-refractivity contribution in [3.05, 3.63) is 53.8 Å². The largest absolute Gasteiger partial charge is 0.493 e. The molecular weight excluding hydrogens is 515 g/mol. The summed E-state index contributed by atoms with van der Waals surface area (Å²) < 4.78 is 30.4. The molecule has 0 saturated carbocycles. The summed E-state index contributed by atoms with van der Waals surface area (Å²) in [5.74, 6) is -0.394. The second-order valence-corrected chi connectivity index (χ2v) is 10.4. The second kappa shape index (κ2) is 18.0. The van der Waals surface area contributed by atoms with E-state index in [0.29, 0.717) is 38.4 Å². The zero-order valence-corrected chi connectivity index (χ0v) is 24.3. The third-order valence-electron chi connectivity index (χ3n) is 7.18. The van der Waals surface area contributed by atoms with Crippen LogP contribution in [-0.4, -0.2) is 67.8 Å². The van der Waals surface area contributed by atoms with Gasteiger partial charge in [0.15, 0.2) is 0 Å². The van der Waals surface area contributed by atoms with E-state index in [1.165, 1.54) is 12.1 Å². The molecule has 4 unspecified atom stereocenters. The van der Waals surface area contributed by atoms with Gasteiger partial charge in [-0.2, -0.15) is 0 Å². The van der Waals surface area contributed by atoms with Gasteiger partial charge in [0.1, 0.15) is 11.6 Å². The molecule has 0 bridgehead atoms. The molecule has 0 aliphatic carbocycles. The van der Waals surface area contributed by atoms with Gasteiger partial charge in [-0.1, -0.05) is 44.5 Å². The molecule has 0 spiro atoms. The molecule has 0 fully saturated rings. The Hall–Kier alpha value is -2.56. The Morgan fingerprint density at radius 3 is 2.45 bits per heavy atom. The fraction of sp³-hybridized carbons (Fsp3) is 0.581. The maximum absolute atomic E-state index is 13.4. The van der Waals surface area contributed by atoms with Crippen LogP contribution in [-0.2, 0) is 20.9 Å². The Bertz CT molecular complexity index is 1000. The number of ether oxygens (including phenoxy) is 3. The Morgan fingerprint density at radius 2 is 1.82 bits per heavy atom. The molecule has 5 N–H and O–H groups in total. The van der Waals surface area contributed by atoms with Crippen molar-refractivity contribution >= 4 is 5.91 Å². The minimum atomic E-state index is -0.841. The molecule has 40 heavy (non-hydrogen) atoms. The zero-order chi connectivity index (χ0) is 29.5. The molecule has 5 atom stereocenters. The highest BCUT2D eigenvalue weighted by Crippen LogP contribution is 2.32. The van der Waals surface area contributed by atoms with Crippen molar-refractivity contribution in [2.75, 3.05) is 33.5 Å². The number of rotatable bonds is 19. The number of carbonyl (C=O) groups excluding carboxylic acids is 1. The fourth-order valence-electron chi connectivity index (χ4n) is 4.37. The van der Waals surface area contributed by atoms with E-state index in [1.807, 2.05) is 32.0 Å². The molecule has 8 nitrogen and oxygen atoms in total. The quantitative estimate of drug-likeness (QED) is 0.191. The summed E-state index contributed by atoms with van der Waals surface area (Å²) >= 11 is 0. The predicted octanol–water partition coefficient (Wildman–Crippen LogP) is 4.05. The van der Waals surface area contributed by atoms with E-state index in [9.17, 15) is 19.4 Å². The molecule has 2 aromatic rings. The predicted molar refractivity (Wildman–Crippen MR) is 154 cm³/mol. The summed E-state index contributed by atoms with van der Waals surface area (Å²) in [5.41, 5.74) is 8.89. The molecule has 2 rings (SSSR count). The molecule has 0 radical (unpaired) electrons. The van der Waals surface area contributed by atoms with Crippen LogP contribution in [0.4, 0.5) is 4.39 Å². The first-order valence-corrected chi connectivity index (χ1v) is 14.1. The van der Waals surface area contributed by atoms with Crippen molar-refractivity contribution in [1.82, 2.24) is 5.32 Å². The number of nitrogens with one attached hydrogen (secondary N) is 1. The van der Waals surface area contributed by atoms with Crippen LogP contribution in [0.1, 0.15) is 52.0 Å². The van der Waals surface area contributed by atoms with Crippen LogP contribution in [0.2, 0.25) is 0 Å². The van der Waals surface area contributed by atoms with Gasteiger partial charge < -0.3 is 35.5 Å². The molecule has 0 aromatic heterocycles. The van der Waals surface area contributed by atoms with Crippen LogP contribution in [0.3, 0.4) is 0 Å². The number of aliphatic hydroxyl groups excluding tert-OH is 2. The molecule has 224 valence electrons. The van der Waals surface area contributed by atoms with Crippen molar-refractivity contribution in [3.63, 3.8) is 0 Å². The van der Waals surface area contributed by atoms with Crippen LogP contribution >= 0.6 is 0 Å². The number of halogens is 1. The molecule has 0 aliphatic rings. The summed E-state index contributed by atoms with van der Waals surface area (Å²) in [4.78, 5) is 12.8. The number of hydrogen-bond acceptors (Lipinski definition) is 7. The molecule has 0 saturated heterocycles. The second-order valence-electron chi connectivity index (χ2n) is 10.4. The monoisotopic (exact) mass is 562 g/mol. The van der Waals surface area contributed by atoms with Gasteiger partial charge in [-0.05, 0) is 55.0 Å². The van der Waals surface area contributed by atoms with Crippen molar-refractivity contribution in [2.24, 2.45) is 17.6 Å². The van der Waals surface area contributed by atoms with Gasteiger partial charge in [0.25, 0.3) is 0 Å². The third kappa shape index (κ3) is 11.1. The average molecular weight is 563 g/mol. The van der Waals surface area contributed by atoms with E-state index < -0.39 is 12.0 Å². The van der Waals surface area contributed by atoms with E-state index >= 15 is 0 Å². The number of amides is 1. The molecule has 2 aromatic carbocycles. The Kier molecular flexibility index (Phi) is 15.1. The first-order chi connectivity index (χ1) is 19.2. The van der Waals surface area contributed by atoms with Crippen molar-refractivity contribution in [1.29, 1.82) is 0 Å². The lowest BCUT2D eigenvalue weighted by Gasteiger charge is -2.27. The Balaban J connectivity index is 1.94. The van der Waals surface area contributed by atoms with E-state index in [2.05, 4.69) is 5.32 Å². The normalized spacial score (nSPS) is 15.2. The minimum absolute atomic E-state index is 0.125. The third-order valence-corrected chi connectivity index (χ3v) is 7.18. The first-order valence-electron chi connectivity index (χ1n) is 14.1. The van der Waals surface area contributed by atoms with E-state index in [4.69, 9.17) is 19.9 Å². The number of hydrogen-bond donors (Lipinski definition) is 4. The number of aliphatic hydroxyl groups is 2. The summed E-state index contributed by atoms with van der Waals surface area (Å²) in [6, 6.07) is 11.4. The summed E-state index contributed by atoms with van der Waals surface area (Å²) in [5, 5.41) is 22.7. The summed E-state index contributed by atoms with van der Waals surface area (Å²) in [7, 11) is 1.65. The lowest BCUT2D eigenvalue weighted by Crippen LogP contribution is -2.47. The van der Waals surface area contributed by atoms with Crippen molar-refractivity contribution in [2.45, 2.75) is 71.2 Å². The highest BCUT2D eigenvalue weighted by atomic mass is 19.1. The van der Waals surface area contributed by atoms with Crippen molar-refractivity contribution < 1.29 is 33.6 Å². The van der Waals surface area contributed by atoms with Crippen LogP contribution < -0.4 is 15.8 Å². The lowest BCUT2D eigenvalue weighted by molar-refractivity contribution is -0.130. The smallest absolute Gasteiger partial charge is 0.226 e. The number of benzene rings is 2. The topological polar surface area (TPSA) is 123 Å². The van der Waals surface area contributed by atoms with Gasteiger partial charge in [-0.15, -0.1) is 0 Å². The van der Waals surface area contributed by atoms with Crippen LogP contribution in [0.25, 0.3) is 11.1 Å². The average Bonchev–Trinajstić information content (AvgIpc) is 2.94. The van der Waals surface area contributed by atoms with Gasteiger partial charge in [-0.3, -0.25) is 4.79 Å². The van der Waals surface area contributed by atoms with E-state index in [1.54, 1.807) is 26.2 Å². The molecule has 9 heteroatoms. The maximum Gasteiger partial charge on any atom is 0.226 e. The number of carbonyl (C=O) groups is 1. The van der Waals surface area contributed by atoms with Crippen LogP contribution in [0.15, 0.2) is 42.5 Å². The number of methoxy groups -OCH3 is 1. The van der Waals surface area contributed by atoms with Gasteiger partial charge in [0, 0.05) is 31.7 Å². The minimum Gasteiger partial charge on any atom is -0.493 e. The highest BCUT2D eigenvalue weighted by molar-refractivity contribution is 5.79. The molecule has 1 amide bonds.